The summed E-state index contributed by atoms with van der Waals surface area (Å²) in [5.74, 6) is -1.01. The van der Waals surface area contributed by atoms with Gasteiger partial charge in [-0.2, -0.15) is 0 Å². The molecule has 3 rings (SSSR count). The summed E-state index contributed by atoms with van der Waals surface area (Å²) >= 11 is 0. The number of carboxylic acid groups (broad SMARTS) is 1. The number of hydrogen-bond donors (Lipinski definition) is 2. The number of fused-ring (bicyclic) bond motifs is 2. The number of benzene rings is 1. The smallest absolute Gasteiger partial charge is 0.410 e. The number of likely N-dealkylation sites (tertiary alicyclic amines) is 1. The van der Waals surface area contributed by atoms with Crippen molar-refractivity contribution < 1.29 is 24.5 Å². The Morgan fingerprint density at radius 1 is 1.15 bits per heavy atom. The maximum absolute atomic E-state index is 12.3. The van der Waals surface area contributed by atoms with Crippen LogP contribution in [0.3, 0.4) is 0 Å². The summed E-state index contributed by atoms with van der Waals surface area (Å²) in [6.07, 6.45) is 1.13. The lowest BCUT2D eigenvalue weighted by Gasteiger charge is -2.41. The molecular weight excluding hydrogens is 334 g/mol. The molecule has 1 aromatic rings. The van der Waals surface area contributed by atoms with E-state index in [4.69, 9.17) is 4.74 Å². The Balaban J connectivity index is 1.80. The number of hydrogen-bond acceptors (Lipinski definition) is 4. The first-order valence-corrected chi connectivity index (χ1v) is 9.07. The molecule has 1 aliphatic heterocycles. The van der Waals surface area contributed by atoms with E-state index in [-0.39, 0.29) is 17.9 Å². The van der Waals surface area contributed by atoms with Crippen LogP contribution in [-0.4, -0.2) is 45.9 Å². The predicted molar refractivity (Wildman–Crippen MR) is 95.9 cm³/mol. The lowest BCUT2D eigenvalue weighted by Crippen LogP contribution is -2.46. The molecule has 1 unspecified atom stereocenters. The fraction of sp³-hybridized carbons (Fsp3) is 0.600. The van der Waals surface area contributed by atoms with Crippen LogP contribution in [0, 0.1) is 0 Å². The molecular formula is C20H27NO5. The second-order valence-corrected chi connectivity index (χ2v) is 8.57. The maximum atomic E-state index is 12.3. The number of rotatable bonds is 2. The minimum absolute atomic E-state index is 0.292. The highest BCUT2D eigenvalue weighted by Gasteiger charge is 2.53. The van der Waals surface area contributed by atoms with Gasteiger partial charge in [-0.25, -0.2) is 4.79 Å². The molecule has 2 aliphatic rings. The van der Waals surface area contributed by atoms with E-state index in [9.17, 15) is 19.8 Å². The number of carboxylic acids is 1. The summed E-state index contributed by atoms with van der Waals surface area (Å²) in [4.78, 5) is 25.3. The fourth-order valence-electron chi connectivity index (χ4n) is 4.40. The first-order chi connectivity index (χ1) is 12.0. The molecule has 0 aromatic heterocycles. The number of aliphatic hydroxyl groups is 1. The van der Waals surface area contributed by atoms with Crippen molar-refractivity contribution in [1.29, 1.82) is 0 Å². The molecule has 1 aromatic carbocycles. The van der Waals surface area contributed by atoms with Crippen molar-refractivity contribution >= 4 is 12.1 Å². The van der Waals surface area contributed by atoms with Crippen molar-refractivity contribution in [3.63, 3.8) is 0 Å². The quantitative estimate of drug-likeness (QED) is 0.845. The van der Waals surface area contributed by atoms with Crippen molar-refractivity contribution in [3.8, 4) is 0 Å². The minimum Gasteiger partial charge on any atom is -0.481 e. The van der Waals surface area contributed by atoms with E-state index in [0.29, 0.717) is 37.9 Å². The van der Waals surface area contributed by atoms with Crippen LogP contribution in [0.1, 0.15) is 57.6 Å². The average molecular weight is 361 g/mol. The zero-order valence-corrected chi connectivity index (χ0v) is 15.6. The first-order valence-electron chi connectivity index (χ1n) is 9.07. The van der Waals surface area contributed by atoms with Gasteiger partial charge >= 0.3 is 12.1 Å². The van der Waals surface area contributed by atoms with E-state index >= 15 is 0 Å². The van der Waals surface area contributed by atoms with Crippen LogP contribution in [-0.2, 0) is 20.5 Å². The summed E-state index contributed by atoms with van der Waals surface area (Å²) in [5, 5.41) is 20.3. The molecule has 1 atom stereocenters. The van der Waals surface area contributed by atoms with E-state index in [0.717, 1.165) is 5.56 Å². The van der Waals surface area contributed by atoms with Crippen molar-refractivity contribution in [2.45, 2.75) is 63.1 Å². The van der Waals surface area contributed by atoms with E-state index in [1.807, 2.05) is 45.0 Å². The number of piperidine rings is 1. The molecule has 142 valence electrons. The van der Waals surface area contributed by atoms with E-state index < -0.39 is 17.2 Å². The largest absolute Gasteiger partial charge is 0.481 e. The standard InChI is InChI=1S/C20H27NO5/c1-18(2,3)26-17(24)21-10-8-19(9-11-21)13-20(25,12-16(22)23)15-7-5-4-6-14(15)19/h4-7,25H,8-13H2,1-3H3,(H,22,23). The van der Waals surface area contributed by atoms with Gasteiger partial charge in [-0.1, -0.05) is 24.3 Å². The van der Waals surface area contributed by atoms with Gasteiger partial charge in [0.1, 0.15) is 11.2 Å². The van der Waals surface area contributed by atoms with Crippen LogP contribution in [0.4, 0.5) is 4.79 Å². The molecule has 1 saturated heterocycles. The molecule has 0 radical (unpaired) electrons. The number of aliphatic carboxylic acids is 1. The Morgan fingerprint density at radius 3 is 2.27 bits per heavy atom. The van der Waals surface area contributed by atoms with Crippen LogP contribution in [0.15, 0.2) is 24.3 Å². The van der Waals surface area contributed by atoms with Gasteiger partial charge in [0.05, 0.1) is 6.42 Å². The van der Waals surface area contributed by atoms with Gasteiger partial charge in [-0.3, -0.25) is 4.79 Å². The molecule has 0 bridgehead atoms. The SMILES string of the molecule is CC(C)(C)OC(=O)N1CCC2(CC1)CC(O)(CC(=O)O)c1ccccc12. The van der Waals surface area contributed by atoms with Crippen LogP contribution in [0.5, 0.6) is 0 Å². The molecule has 0 saturated carbocycles. The van der Waals surface area contributed by atoms with Crippen molar-refractivity contribution in [1.82, 2.24) is 4.90 Å². The Hall–Kier alpha value is -2.08. The molecule has 1 fully saturated rings. The van der Waals surface area contributed by atoms with Crippen LogP contribution < -0.4 is 0 Å². The van der Waals surface area contributed by atoms with E-state index in [1.54, 1.807) is 4.90 Å². The summed E-state index contributed by atoms with van der Waals surface area (Å²) < 4.78 is 5.45. The van der Waals surface area contributed by atoms with Gasteiger partial charge in [0.25, 0.3) is 0 Å². The van der Waals surface area contributed by atoms with Gasteiger partial charge in [0, 0.05) is 18.5 Å². The third-order valence-electron chi connectivity index (χ3n) is 5.45. The summed E-state index contributed by atoms with van der Waals surface area (Å²) in [6, 6.07) is 7.57. The Kier molecular flexibility index (Phi) is 4.51. The Labute approximate surface area is 153 Å². The molecule has 1 heterocycles. The molecule has 6 nitrogen and oxygen atoms in total. The third kappa shape index (κ3) is 3.43. The number of nitrogens with zero attached hydrogens (tertiary/aromatic N) is 1. The monoisotopic (exact) mass is 361 g/mol. The summed E-state index contributed by atoms with van der Waals surface area (Å²) in [6.45, 7) is 6.60. The second-order valence-electron chi connectivity index (χ2n) is 8.57. The van der Waals surface area contributed by atoms with E-state index in [1.165, 1.54) is 0 Å². The molecule has 1 amide bonds. The Morgan fingerprint density at radius 2 is 1.73 bits per heavy atom. The average Bonchev–Trinajstić information content (AvgIpc) is 2.75. The topological polar surface area (TPSA) is 87.1 Å². The van der Waals surface area contributed by atoms with Gasteiger partial charge < -0.3 is 19.8 Å². The van der Waals surface area contributed by atoms with Crippen molar-refractivity contribution in [2.75, 3.05) is 13.1 Å². The maximum Gasteiger partial charge on any atom is 0.410 e. The molecule has 6 heteroatoms. The lowest BCUT2D eigenvalue weighted by atomic mass is 9.73. The highest BCUT2D eigenvalue weighted by molar-refractivity contribution is 5.70. The van der Waals surface area contributed by atoms with Crippen molar-refractivity contribution in [3.05, 3.63) is 35.4 Å². The predicted octanol–water partition coefficient (Wildman–Crippen LogP) is 3.02. The summed E-state index contributed by atoms with van der Waals surface area (Å²) in [7, 11) is 0. The highest BCUT2D eigenvalue weighted by Crippen LogP contribution is 2.54. The van der Waals surface area contributed by atoms with Crippen LogP contribution >= 0.6 is 0 Å². The molecule has 1 spiro atoms. The zero-order chi connectivity index (χ0) is 19.2. The molecule has 26 heavy (non-hydrogen) atoms. The zero-order valence-electron chi connectivity index (χ0n) is 15.6. The number of carbonyl (C=O) groups is 2. The molecule has 1 aliphatic carbocycles. The van der Waals surface area contributed by atoms with Crippen molar-refractivity contribution in [2.24, 2.45) is 0 Å². The number of amides is 1. The normalized spacial score (nSPS) is 24.4. The fourth-order valence-corrected chi connectivity index (χ4v) is 4.40. The Bertz CT molecular complexity index is 715. The van der Waals surface area contributed by atoms with Gasteiger partial charge in [0.2, 0.25) is 0 Å². The van der Waals surface area contributed by atoms with E-state index in [2.05, 4.69) is 0 Å². The summed E-state index contributed by atoms with van der Waals surface area (Å²) in [5.41, 5.74) is -0.440. The minimum atomic E-state index is -1.35. The number of carbonyl (C=O) groups excluding carboxylic acids is 1. The van der Waals surface area contributed by atoms with Gasteiger partial charge in [0.15, 0.2) is 0 Å². The van der Waals surface area contributed by atoms with Gasteiger partial charge in [-0.05, 0) is 51.2 Å². The lowest BCUT2D eigenvalue weighted by molar-refractivity contribution is -0.143. The first kappa shape index (κ1) is 18.7. The van der Waals surface area contributed by atoms with Crippen LogP contribution in [0.2, 0.25) is 0 Å². The van der Waals surface area contributed by atoms with Gasteiger partial charge in [-0.15, -0.1) is 0 Å². The molecule has 2 N–H and O–H groups in total. The highest BCUT2D eigenvalue weighted by atomic mass is 16.6. The number of ether oxygens (including phenoxy) is 1. The second kappa shape index (κ2) is 6.27. The third-order valence-corrected chi connectivity index (χ3v) is 5.45. The van der Waals surface area contributed by atoms with Crippen LogP contribution in [0.25, 0.3) is 0 Å².